The van der Waals surface area contributed by atoms with Crippen molar-refractivity contribution in [2.75, 3.05) is 5.32 Å². The number of hydrogen-bond donors (Lipinski definition) is 1. The van der Waals surface area contributed by atoms with Gasteiger partial charge in [-0.3, -0.25) is 0 Å². The van der Waals surface area contributed by atoms with Crippen LogP contribution in [0.3, 0.4) is 0 Å². The summed E-state index contributed by atoms with van der Waals surface area (Å²) in [6.07, 6.45) is 6.72. The number of nitrogens with zero attached hydrogens (tertiary/aromatic N) is 1. The average molecular weight is 260 g/mol. The van der Waals surface area contributed by atoms with Crippen LogP contribution >= 0.6 is 11.3 Å². The average Bonchev–Trinajstić information content (AvgIpc) is 2.72. The largest absolute Gasteiger partial charge is 0.359 e. The molecule has 1 saturated carbocycles. The molecule has 1 aliphatic carbocycles. The van der Waals surface area contributed by atoms with Crippen molar-refractivity contribution in [1.82, 2.24) is 4.98 Å². The molecule has 2 nitrogen and oxygen atoms in total. The summed E-state index contributed by atoms with van der Waals surface area (Å²) in [6.45, 7) is 4.32. The summed E-state index contributed by atoms with van der Waals surface area (Å²) in [4.78, 5) is 4.72. The Bertz CT molecular complexity index is 514. The molecule has 2 aromatic rings. The van der Waals surface area contributed by atoms with E-state index in [0.717, 1.165) is 10.6 Å². The highest BCUT2D eigenvalue weighted by atomic mass is 32.1. The van der Waals surface area contributed by atoms with Crippen molar-refractivity contribution in [2.45, 2.75) is 52.0 Å². The molecule has 3 rings (SSSR count). The first-order chi connectivity index (χ1) is 8.72. The van der Waals surface area contributed by atoms with E-state index in [2.05, 4.69) is 31.3 Å². The summed E-state index contributed by atoms with van der Waals surface area (Å²) in [5, 5.41) is 4.72. The maximum Gasteiger partial charge on any atom is 0.184 e. The number of rotatable bonds is 2. The van der Waals surface area contributed by atoms with E-state index in [1.807, 2.05) is 0 Å². The highest BCUT2D eigenvalue weighted by molar-refractivity contribution is 7.22. The topological polar surface area (TPSA) is 24.9 Å². The fourth-order valence-electron chi connectivity index (χ4n) is 2.66. The molecule has 0 atom stereocenters. The fourth-order valence-corrected chi connectivity index (χ4v) is 3.69. The molecule has 1 fully saturated rings. The smallest absolute Gasteiger partial charge is 0.184 e. The van der Waals surface area contributed by atoms with Gasteiger partial charge < -0.3 is 5.32 Å². The van der Waals surface area contributed by atoms with Gasteiger partial charge in [-0.1, -0.05) is 30.6 Å². The van der Waals surface area contributed by atoms with Crippen molar-refractivity contribution in [1.29, 1.82) is 0 Å². The third kappa shape index (κ3) is 2.37. The quantitative estimate of drug-likeness (QED) is 0.849. The van der Waals surface area contributed by atoms with Crippen LogP contribution in [0, 0.1) is 13.8 Å². The van der Waals surface area contributed by atoms with Gasteiger partial charge in [-0.25, -0.2) is 4.98 Å². The van der Waals surface area contributed by atoms with Crippen LogP contribution in [0.25, 0.3) is 10.2 Å². The molecule has 3 heteroatoms. The Morgan fingerprint density at radius 2 is 1.83 bits per heavy atom. The van der Waals surface area contributed by atoms with E-state index in [1.54, 1.807) is 11.3 Å². The van der Waals surface area contributed by atoms with Crippen molar-refractivity contribution in [3.8, 4) is 0 Å². The van der Waals surface area contributed by atoms with Crippen LogP contribution in [0.2, 0.25) is 0 Å². The maximum atomic E-state index is 4.72. The molecule has 1 aromatic carbocycles. The van der Waals surface area contributed by atoms with Gasteiger partial charge in [-0.05, 0) is 49.9 Å². The number of anilines is 1. The van der Waals surface area contributed by atoms with Crippen LogP contribution in [0.4, 0.5) is 5.13 Å². The van der Waals surface area contributed by atoms with E-state index in [4.69, 9.17) is 4.98 Å². The monoisotopic (exact) mass is 260 g/mol. The van der Waals surface area contributed by atoms with Crippen molar-refractivity contribution < 1.29 is 0 Å². The second-order valence-corrected chi connectivity index (χ2v) is 6.43. The van der Waals surface area contributed by atoms with Gasteiger partial charge >= 0.3 is 0 Å². The Balaban J connectivity index is 1.84. The van der Waals surface area contributed by atoms with Crippen LogP contribution in [0.1, 0.15) is 43.2 Å². The number of nitrogens with one attached hydrogen (secondary N) is 1. The van der Waals surface area contributed by atoms with Crippen LogP contribution in [-0.2, 0) is 0 Å². The standard InChI is InChI=1S/C15H20N2S/c1-10-8-13-14(9-11(10)2)18-15(17-13)16-12-6-4-3-5-7-12/h8-9,12H,3-7H2,1-2H3,(H,16,17). The number of thiazole rings is 1. The SMILES string of the molecule is Cc1cc2nc(NC3CCCCC3)sc2cc1C. The summed E-state index contributed by atoms with van der Waals surface area (Å²) in [5.74, 6) is 0. The number of benzene rings is 1. The Hall–Kier alpha value is -1.09. The molecule has 0 radical (unpaired) electrons. The molecule has 1 aliphatic rings. The lowest BCUT2D eigenvalue weighted by Gasteiger charge is -2.22. The number of hydrogen-bond acceptors (Lipinski definition) is 3. The van der Waals surface area contributed by atoms with Crippen molar-refractivity contribution >= 4 is 26.7 Å². The number of aryl methyl sites for hydroxylation is 2. The molecule has 0 amide bonds. The van der Waals surface area contributed by atoms with Crippen LogP contribution < -0.4 is 5.32 Å². The zero-order chi connectivity index (χ0) is 12.5. The lowest BCUT2D eigenvalue weighted by Crippen LogP contribution is -2.21. The first-order valence-corrected chi connectivity index (χ1v) is 7.68. The summed E-state index contributed by atoms with van der Waals surface area (Å²) in [6, 6.07) is 5.10. The first-order valence-electron chi connectivity index (χ1n) is 6.87. The molecule has 0 saturated heterocycles. The van der Waals surface area contributed by atoms with Gasteiger partial charge in [-0.2, -0.15) is 0 Å². The zero-order valence-corrected chi connectivity index (χ0v) is 11.9. The van der Waals surface area contributed by atoms with Crippen LogP contribution in [0.5, 0.6) is 0 Å². The third-order valence-electron chi connectivity index (χ3n) is 3.94. The molecule has 1 N–H and O–H groups in total. The minimum absolute atomic E-state index is 0.640. The van der Waals surface area contributed by atoms with Gasteiger partial charge in [0.2, 0.25) is 0 Å². The summed E-state index contributed by atoms with van der Waals surface area (Å²) in [5.41, 5.74) is 3.83. The number of aromatic nitrogens is 1. The van der Waals surface area contributed by atoms with Gasteiger partial charge in [0.25, 0.3) is 0 Å². The van der Waals surface area contributed by atoms with Crippen LogP contribution in [-0.4, -0.2) is 11.0 Å². The highest BCUT2D eigenvalue weighted by Gasteiger charge is 2.15. The Kier molecular flexibility index (Phi) is 3.25. The summed E-state index contributed by atoms with van der Waals surface area (Å²) < 4.78 is 1.30. The second kappa shape index (κ2) is 4.88. The third-order valence-corrected chi connectivity index (χ3v) is 4.89. The minimum Gasteiger partial charge on any atom is -0.359 e. The summed E-state index contributed by atoms with van der Waals surface area (Å²) >= 11 is 1.79. The molecule has 1 heterocycles. The van der Waals surface area contributed by atoms with Crippen molar-refractivity contribution in [3.63, 3.8) is 0 Å². The van der Waals surface area contributed by atoms with Gasteiger partial charge in [0, 0.05) is 6.04 Å². The Morgan fingerprint density at radius 1 is 1.11 bits per heavy atom. The molecule has 0 unspecified atom stereocenters. The first kappa shape index (κ1) is 12.0. The minimum atomic E-state index is 0.640. The predicted octanol–water partition coefficient (Wildman–Crippen LogP) is 4.66. The van der Waals surface area contributed by atoms with Gasteiger partial charge in [0.05, 0.1) is 10.2 Å². The molecule has 0 spiro atoms. The van der Waals surface area contributed by atoms with Crippen molar-refractivity contribution in [3.05, 3.63) is 23.3 Å². The molecule has 0 bridgehead atoms. The predicted molar refractivity (Wildman–Crippen MR) is 79.6 cm³/mol. The molecule has 1 aromatic heterocycles. The molecular weight excluding hydrogens is 240 g/mol. The lowest BCUT2D eigenvalue weighted by molar-refractivity contribution is 0.462. The molecule has 18 heavy (non-hydrogen) atoms. The van der Waals surface area contributed by atoms with E-state index in [9.17, 15) is 0 Å². The van der Waals surface area contributed by atoms with Gasteiger partial charge in [0.15, 0.2) is 5.13 Å². The Morgan fingerprint density at radius 3 is 2.61 bits per heavy atom. The van der Waals surface area contributed by atoms with E-state index >= 15 is 0 Å². The zero-order valence-electron chi connectivity index (χ0n) is 11.1. The lowest BCUT2D eigenvalue weighted by atomic mass is 9.96. The molecular formula is C15H20N2S. The fraction of sp³-hybridized carbons (Fsp3) is 0.533. The van der Waals surface area contributed by atoms with E-state index < -0.39 is 0 Å². The highest BCUT2D eigenvalue weighted by Crippen LogP contribution is 2.30. The second-order valence-electron chi connectivity index (χ2n) is 5.40. The van der Waals surface area contributed by atoms with Crippen molar-refractivity contribution in [2.24, 2.45) is 0 Å². The van der Waals surface area contributed by atoms with E-state index in [0.29, 0.717) is 6.04 Å². The van der Waals surface area contributed by atoms with Gasteiger partial charge in [0.1, 0.15) is 0 Å². The Labute approximate surface area is 112 Å². The summed E-state index contributed by atoms with van der Waals surface area (Å²) in [7, 11) is 0. The molecule has 0 aliphatic heterocycles. The maximum absolute atomic E-state index is 4.72. The van der Waals surface area contributed by atoms with Crippen LogP contribution in [0.15, 0.2) is 12.1 Å². The normalized spacial score (nSPS) is 17.2. The molecule has 96 valence electrons. The van der Waals surface area contributed by atoms with Gasteiger partial charge in [-0.15, -0.1) is 0 Å². The van der Waals surface area contributed by atoms with E-state index in [1.165, 1.54) is 47.9 Å². The van der Waals surface area contributed by atoms with E-state index in [-0.39, 0.29) is 0 Å². The number of fused-ring (bicyclic) bond motifs is 1.